The first-order valence-electron chi connectivity index (χ1n) is 8.90. The molecule has 0 radical (unpaired) electrons. The van der Waals surface area contributed by atoms with Gasteiger partial charge in [-0.05, 0) is 29.6 Å². The Kier molecular flexibility index (Phi) is 5.13. The smallest absolute Gasteiger partial charge is 0.274 e. The zero-order valence-electron chi connectivity index (χ0n) is 14.8. The van der Waals surface area contributed by atoms with Crippen LogP contribution in [-0.2, 0) is 6.54 Å². The predicted molar refractivity (Wildman–Crippen MR) is 105 cm³/mol. The zero-order valence-corrected chi connectivity index (χ0v) is 15.6. The van der Waals surface area contributed by atoms with Crippen LogP contribution in [0, 0.1) is 0 Å². The maximum Gasteiger partial charge on any atom is 0.274 e. The molecule has 0 spiro atoms. The van der Waals surface area contributed by atoms with Crippen LogP contribution in [0.25, 0.3) is 5.69 Å². The Morgan fingerprint density at radius 2 is 1.74 bits per heavy atom. The van der Waals surface area contributed by atoms with Gasteiger partial charge in [0.1, 0.15) is 5.69 Å². The van der Waals surface area contributed by atoms with Gasteiger partial charge in [-0.1, -0.05) is 24.3 Å². The highest BCUT2D eigenvalue weighted by atomic mass is 32.1. The molecule has 27 heavy (non-hydrogen) atoms. The molecule has 4 rings (SSSR count). The summed E-state index contributed by atoms with van der Waals surface area (Å²) in [6, 6.07) is 16.3. The molecule has 0 N–H and O–H groups in total. The van der Waals surface area contributed by atoms with E-state index in [1.165, 1.54) is 21.7 Å². The Bertz CT molecular complexity index is 961. The molecule has 2 aromatic heterocycles. The number of piperazine rings is 1. The number of para-hydroxylation sites is 1. The van der Waals surface area contributed by atoms with Crippen molar-refractivity contribution in [3.8, 4) is 5.69 Å². The van der Waals surface area contributed by atoms with Gasteiger partial charge >= 0.3 is 0 Å². The fourth-order valence-corrected chi connectivity index (χ4v) is 3.92. The number of hydrogen-bond donors (Lipinski definition) is 0. The topological polar surface area (TPSA) is 58.4 Å². The van der Waals surface area contributed by atoms with Crippen molar-refractivity contribution in [3.05, 3.63) is 80.9 Å². The highest BCUT2D eigenvalue weighted by Gasteiger charge is 2.23. The van der Waals surface area contributed by atoms with Gasteiger partial charge in [0, 0.05) is 43.7 Å². The van der Waals surface area contributed by atoms with Crippen molar-refractivity contribution >= 4 is 17.2 Å². The maximum absolute atomic E-state index is 12.8. The molecule has 0 aliphatic carbocycles. The number of carbonyl (C=O) groups excluding carboxylic acids is 1. The SMILES string of the molecule is O=C(c1ccc(=O)n(-c2ccccc2)n1)N1CCN(Cc2cccs2)CC1. The van der Waals surface area contributed by atoms with Crippen LogP contribution in [0.3, 0.4) is 0 Å². The number of carbonyl (C=O) groups is 1. The summed E-state index contributed by atoms with van der Waals surface area (Å²) in [5, 5.41) is 6.38. The van der Waals surface area contributed by atoms with Crippen molar-refractivity contribution in [1.82, 2.24) is 19.6 Å². The van der Waals surface area contributed by atoms with Crippen molar-refractivity contribution in [1.29, 1.82) is 0 Å². The third kappa shape index (κ3) is 3.99. The van der Waals surface area contributed by atoms with Crippen LogP contribution >= 0.6 is 11.3 Å². The van der Waals surface area contributed by atoms with E-state index in [-0.39, 0.29) is 11.5 Å². The molecule has 1 aliphatic heterocycles. The summed E-state index contributed by atoms with van der Waals surface area (Å²) in [6.07, 6.45) is 0. The molecule has 0 atom stereocenters. The van der Waals surface area contributed by atoms with Crippen molar-refractivity contribution in [2.24, 2.45) is 0 Å². The minimum atomic E-state index is -0.251. The normalized spacial score (nSPS) is 15.0. The van der Waals surface area contributed by atoms with Crippen LogP contribution in [-0.4, -0.2) is 51.7 Å². The molecule has 1 aliphatic rings. The van der Waals surface area contributed by atoms with Crippen LogP contribution in [0.15, 0.2) is 64.8 Å². The fraction of sp³-hybridized carbons (Fsp3) is 0.250. The molecule has 0 unspecified atom stereocenters. The third-order valence-electron chi connectivity index (χ3n) is 4.64. The average molecular weight is 380 g/mol. The minimum Gasteiger partial charge on any atom is -0.335 e. The first kappa shape index (κ1) is 17.6. The van der Waals surface area contributed by atoms with Crippen LogP contribution in [0.1, 0.15) is 15.4 Å². The van der Waals surface area contributed by atoms with Gasteiger partial charge in [-0.15, -0.1) is 11.3 Å². The quantitative estimate of drug-likeness (QED) is 0.697. The molecule has 3 aromatic rings. The summed E-state index contributed by atoms with van der Waals surface area (Å²) in [5.41, 5.74) is 0.696. The monoisotopic (exact) mass is 380 g/mol. The van der Waals surface area contributed by atoms with Crippen LogP contribution in [0.2, 0.25) is 0 Å². The number of thiophene rings is 1. The molecule has 138 valence electrons. The highest BCUT2D eigenvalue weighted by Crippen LogP contribution is 2.14. The van der Waals surface area contributed by atoms with Crippen molar-refractivity contribution in [2.75, 3.05) is 26.2 Å². The third-order valence-corrected chi connectivity index (χ3v) is 5.50. The van der Waals surface area contributed by atoms with E-state index in [4.69, 9.17) is 0 Å². The van der Waals surface area contributed by atoms with E-state index in [2.05, 4.69) is 27.5 Å². The summed E-state index contributed by atoms with van der Waals surface area (Å²) in [4.78, 5) is 30.5. The Hall–Kier alpha value is -2.77. The van der Waals surface area contributed by atoms with Gasteiger partial charge in [0.25, 0.3) is 11.5 Å². The van der Waals surface area contributed by atoms with Gasteiger partial charge in [0.2, 0.25) is 0 Å². The molecule has 0 saturated carbocycles. The molecule has 6 nitrogen and oxygen atoms in total. The lowest BCUT2D eigenvalue weighted by molar-refractivity contribution is 0.0622. The number of aromatic nitrogens is 2. The zero-order chi connectivity index (χ0) is 18.6. The first-order valence-corrected chi connectivity index (χ1v) is 9.78. The summed E-state index contributed by atoms with van der Waals surface area (Å²) >= 11 is 1.76. The van der Waals surface area contributed by atoms with E-state index in [1.807, 2.05) is 23.1 Å². The maximum atomic E-state index is 12.8. The van der Waals surface area contributed by atoms with Crippen molar-refractivity contribution in [2.45, 2.75) is 6.54 Å². The van der Waals surface area contributed by atoms with Gasteiger partial charge < -0.3 is 4.90 Å². The number of amides is 1. The first-order chi connectivity index (χ1) is 13.2. The molecule has 0 bridgehead atoms. The molecule has 3 heterocycles. The lowest BCUT2D eigenvalue weighted by Crippen LogP contribution is -2.48. The Morgan fingerprint density at radius 3 is 2.44 bits per heavy atom. The lowest BCUT2D eigenvalue weighted by atomic mass is 10.2. The second-order valence-electron chi connectivity index (χ2n) is 6.45. The van der Waals surface area contributed by atoms with Crippen LogP contribution < -0.4 is 5.56 Å². The molecular weight excluding hydrogens is 360 g/mol. The second-order valence-corrected chi connectivity index (χ2v) is 7.48. The Balaban J connectivity index is 1.45. The lowest BCUT2D eigenvalue weighted by Gasteiger charge is -2.34. The molecule has 1 fully saturated rings. The minimum absolute atomic E-state index is 0.129. The highest BCUT2D eigenvalue weighted by molar-refractivity contribution is 7.09. The van der Waals surface area contributed by atoms with Crippen LogP contribution in [0.5, 0.6) is 0 Å². The van der Waals surface area contributed by atoms with E-state index in [0.29, 0.717) is 24.5 Å². The summed E-state index contributed by atoms with van der Waals surface area (Å²) in [5.74, 6) is -0.129. The molecule has 1 amide bonds. The molecule has 7 heteroatoms. The fourth-order valence-electron chi connectivity index (χ4n) is 3.17. The van der Waals surface area contributed by atoms with Gasteiger partial charge in [0.05, 0.1) is 5.69 Å². The summed E-state index contributed by atoms with van der Waals surface area (Å²) in [7, 11) is 0. The van der Waals surface area contributed by atoms with E-state index in [9.17, 15) is 9.59 Å². The average Bonchev–Trinajstić information content (AvgIpc) is 3.22. The number of rotatable bonds is 4. The number of nitrogens with zero attached hydrogens (tertiary/aromatic N) is 4. The van der Waals surface area contributed by atoms with Gasteiger partial charge in [-0.3, -0.25) is 14.5 Å². The standard InChI is InChI=1S/C20H20N4O2S/c25-19-9-8-18(21-24(19)16-5-2-1-3-6-16)20(26)23-12-10-22(11-13-23)15-17-7-4-14-27-17/h1-9,14H,10-13,15H2. The largest absolute Gasteiger partial charge is 0.335 e. The Morgan fingerprint density at radius 1 is 0.963 bits per heavy atom. The van der Waals surface area contributed by atoms with Crippen molar-refractivity contribution < 1.29 is 4.79 Å². The number of hydrogen-bond acceptors (Lipinski definition) is 5. The molecule has 1 saturated heterocycles. The molecular formula is C20H20N4O2S. The second kappa shape index (κ2) is 7.85. The van der Waals surface area contributed by atoms with Gasteiger partial charge in [-0.25, -0.2) is 0 Å². The van der Waals surface area contributed by atoms with E-state index < -0.39 is 0 Å². The van der Waals surface area contributed by atoms with E-state index in [1.54, 1.807) is 23.5 Å². The van der Waals surface area contributed by atoms with Gasteiger partial charge in [-0.2, -0.15) is 9.78 Å². The summed E-state index contributed by atoms with van der Waals surface area (Å²) in [6.45, 7) is 3.92. The van der Waals surface area contributed by atoms with E-state index in [0.717, 1.165) is 19.6 Å². The van der Waals surface area contributed by atoms with Crippen LogP contribution in [0.4, 0.5) is 0 Å². The van der Waals surface area contributed by atoms with E-state index >= 15 is 0 Å². The predicted octanol–water partition coefficient (Wildman–Crippen LogP) is 2.25. The summed E-state index contributed by atoms with van der Waals surface area (Å²) < 4.78 is 1.28. The van der Waals surface area contributed by atoms with Gasteiger partial charge in [0.15, 0.2) is 0 Å². The Labute approximate surface area is 161 Å². The molecule has 1 aromatic carbocycles. The van der Waals surface area contributed by atoms with Crippen molar-refractivity contribution in [3.63, 3.8) is 0 Å². The number of benzene rings is 1.